The maximum Gasteiger partial charge on any atom is 0.271 e. The number of fused-ring (bicyclic) bond motifs is 1. The number of methoxy groups -OCH3 is 1. The van der Waals surface area contributed by atoms with Crippen molar-refractivity contribution in [2.45, 2.75) is 13.1 Å². The van der Waals surface area contributed by atoms with Gasteiger partial charge in [-0.1, -0.05) is 0 Å². The molecule has 0 N–H and O–H groups in total. The standard InChI is InChI=1S/C13H18N4O3/c1-15(6-3-7-20-2)10-16-13-8-12(17(18)19)5-4-11(13)9-14-16/h4-5,8-9H,3,6-7,10H2,1-2H3. The van der Waals surface area contributed by atoms with E-state index in [0.29, 0.717) is 6.67 Å². The molecule has 7 nitrogen and oxygen atoms in total. The average Bonchev–Trinajstić information content (AvgIpc) is 2.81. The summed E-state index contributed by atoms with van der Waals surface area (Å²) in [5.74, 6) is 0. The van der Waals surface area contributed by atoms with Crippen molar-refractivity contribution in [1.29, 1.82) is 0 Å². The van der Waals surface area contributed by atoms with Crippen LogP contribution >= 0.6 is 0 Å². The summed E-state index contributed by atoms with van der Waals surface area (Å²) in [6.07, 6.45) is 2.66. The molecule has 0 spiro atoms. The van der Waals surface area contributed by atoms with Crippen LogP contribution < -0.4 is 0 Å². The fourth-order valence-electron chi connectivity index (χ4n) is 2.06. The summed E-state index contributed by atoms with van der Waals surface area (Å²) in [7, 11) is 3.67. The van der Waals surface area contributed by atoms with E-state index < -0.39 is 0 Å². The third-order valence-electron chi connectivity index (χ3n) is 3.10. The highest BCUT2D eigenvalue weighted by molar-refractivity contribution is 5.80. The minimum absolute atomic E-state index is 0.0845. The van der Waals surface area contributed by atoms with E-state index in [2.05, 4.69) is 10.00 Å². The molecule has 7 heteroatoms. The minimum atomic E-state index is -0.390. The van der Waals surface area contributed by atoms with Crippen molar-refractivity contribution in [2.75, 3.05) is 27.3 Å². The molecule has 2 rings (SSSR count). The molecule has 108 valence electrons. The van der Waals surface area contributed by atoms with E-state index >= 15 is 0 Å². The van der Waals surface area contributed by atoms with Crippen molar-refractivity contribution in [3.63, 3.8) is 0 Å². The molecule has 0 bridgehead atoms. The molecule has 1 heterocycles. The predicted octanol–water partition coefficient (Wildman–Crippen LogP) is 1.87. The molecule has 0 fully saturated rings. The summed E-state index contributed by atoms with van der Waals surface area (Å²) < 4.78 is 6.79. The van der Waals surface area contributed by atoms with E-state index in [-0.39, 0.29) is 10.6 Å². The molecule has 0 aliphatic rings. The van der Waals surface area contributed by atoms with Crippen LogP contribution in [0.25, 0.3) is 10.9 Å². The van der Waals surface area contributed by atoms with Crippen molar-refractivity contribution in [3.05, 3.63) is 34.5 Å². The highest BCUT2D eigenvalue weighted by Gasteiger charge is 2.11. The molecule has 0 aliphatic heterocycles. The van der Waals surface area contributed by atoms with Crippen LogP contribution in [-0.2, 0) is 11.4 Å². The Hall–Kier alpha value is -1.99. The summed E-state index contributed by atoms with van der Waals surface area (Å²) in [4.78, 5) is 12.5. The number of non-ortho nitro benzene ring substituents is 1. The molecule has 0 saturated carbocycles. The van der Waals surface area contributed by atoms with Crippen LogP contribution in [0.3, 0.4) is 0 Å². The van der Waals surface area contributed by atoms with Crippen LogP contribution in [0.1, 0.15) is 6.42 Å². The SMILES string of the molecule is COCCCN(C)Cn1ncc2ccc([N+](=O)[O-])cc21. The van der Waals surface area contributed by atoms with E-state index in [1.165, 1.54) is 6.07 Å². The highest BCUT2D eigenvalue weighted by Crippen LogP contribution is 2.20. The molecule has 0 amide bonds. The Morgan fingerprint density at radius 1 is 1.50 bits per heavy atom. The lowest BCUT2D eigenvalue weighted by atomic mass is 10.2. The molecule has 0 atom stereocenters. The van der Waals surface area contributed by atoms with Gasteiger partial charge in [-0.05, 0) is 19.5 Å². The number of nitro groups is 1. The van der Waals surface area contributed by atoms with Crippen molar-refractivity contribution in [1.82, 2.24) is 14.7 Å². The molecule has 1 aromatic heterocycles. The monoisotopic (exact) mass is 278 g/mol. The maximum absolute atomic E-state index is 10.8. The van der Waals surface area contributed by atoms with Gasteiger partial charge in [0.05, 0.1) is 23.3 Å². The van der Waals surface area contributed by atoms with Gasteiger partial charge in [-0.3, -0.25) is 19.7 Å². The van der Waals surface area contributed by atoms with Gasteiger partial charge in [0.25, 0.3) is 5.69 Å². The first kappa shape index (κ1) is 14.4. The van der Waals surface area contributed by atoms with E-state index in [0.717, 1.165) is 30.5 Å². The van der Waals surface area contributed by atoms with Crippen LogP contribution in [0, 0.1) is 10.1 Å². The third kappa shape index (κ3) is 3.31. The number of ether oxygens (including phenoxy) is 1. The molecule has 2 aromatic rings. The van der Waals surface area contributed by atoms with Gasteiger partial charge in [-0.2, -0.15) is 5.10 Å². The molecule has 0 unspecified atom stereocenters. The van der Waals surface area contributed by atoms with Gasteiger partial charge in [0.1, 0.15) is 0 Å². The normalized spacial score (nSPS) is 11.3. The molecule has 0 saturated heterocycles. The Morgan fingerprint density at radius 2 is 2.30 bits per heavy atom. The van der Waals surface area contributed by atoms with Crippen LogP contribution in [0.4, 0.5) is 5.69 Å². The van der Waals surface area contributed by atoms with Crippen LogP contribution in [-0.4, -0.2) is 46.9 Å². The van der Waals surface area contributed by atoms with E-state index in [4.69, 9.17) is 4.74 Å². The Labute approximate surface area is 116 Å². The van der Waals surface area contributed by atoms with E-state index in [9.17, 15) is 10.1 Å². The first-order valence-corrected chi connectivity index (χ1v) is 6.39. The summed E-state index contributed by atoms with van der Waals surface area (Å²) in [5, 5.41) is 16.0. The molecule has 1 aromatic carbocycles. The Kier molecular flexibility index (Phi) is 4.65. The van der Waals surface area contributed by atoms with Gasteiger partial charge >= 0.3 is 0 Å². The molecular formula is C13H18N4O3. The van der Waals surface area contributed by atoms with Crippen LogP contribution in [0.2, 0.25) is 0 Å². The molecule has 0 radical (unpaired) electrons. The van der Waals surface area contributed by atoms with E-state index in [1.54, 1.807) is 30.1 Å². The number of aromatic nitrogens is 2. The van der Waals surface area contributed by atoms with Gasteiger partial charge in [0, 0.05) is 37.8 Å². The number of hydrogen-bond acceptors (Lipinski definition) is 5. The van der Waals surface area contributed by atoms with Gasteiger partial charge < -0.3 is 4.74 Å². The quantitative estimate of drug-likeness (QED) is 0.439. The molecular weight excluding hydrogens is 260 g/mol. The number of benzene rings is 1. The zero-order valence-corrected chi connectivity index (χ0v) is 11.7. The second-order valence-electron chi connectivity index (χ2n) is 4.71. The van der Waals surface area contributed by atoms with Crippen LogP contribution in [0.15, 0.2) is 24.4 Å². The third-order valence-corrected chi connectivity index (χ3v) is 3.10. The number of nitrogens with zero attached hydrogens (tertiary/aromatic N) is 4. The van der Waals surface area contributed by atoms with Crippen molar-refractivity contribution >= 4 is 16.6 Å². The predicted molar refractivity (Wildman–Crippen MR) is 75.5 cm³/mol. The number of hydrogen-bond donors (Lipinski definition) is 0. The largest absolute Gasteiger partial charge is 0.385 e. The second kappa shape index (κ2) is 6.44. The molecule has 20 heavy (non-hydrogen) atoms. The summed E-state index contributed by atoms with van der Waals surface area (Å²) in [5.41, 5.74) is 0.860. The topological polar surface area (TPSA) is 73.4 Å². The highest BCUT2D eigenvalue weighted by atomic mass is 16.6. The zero-order chi connectivity index (χ0) is 14.5. The van der Waals surface area contributed by atoms with Crippen molar-refractivity contribution in [3.8, 4) is 0 Å². The lowest BCUT2D eigenvalue weighted by Gasteiger charge is -2.16. The van der Waals surface area contributed by atoms with Gasteiger partial charge in [-0.15, -0.1) is 0 Å². The van der Waals surface area contributed by atoms with Crippen LogP contribution in [0.5, 0.6) is 0 Å². The minimum Gasteiger partial charge on any atom is -0.385 e. The van der Waals surface area contributed by atoms with Crippen molar-refractivity contribution < 1.29 is 9.66 Å². The lowest BCUT2D eigenvalue weighted by Crippen LogP contribution is -2.24. The average molecular weight is 278 g/mol. The fraction of sp³-hybridized carbons (Fsp3) is 0.462. The second-order valence-corrected chi connectivity index (χ2v) is 4.71. The number of rotatable bonds is 7. The van der Waals surface area contributed by atoms with Gasteiger partial charge in [0.2, 0.25) is 0 Å². The van der Waals surface area contributed by atoms with Gasteiger partial charge in [0.15, 0.2) is 0 Å². The molecule has 0 aliphatic carbocycles. The maximum atomic E-state index is 10.8. The Bertz CT molecular complexity index is 596. The summed E-state index contributed by atoms with van der Waals surface area (Å²) in [6.45, 7) is 2.19. The first-order valence-electron chi connectivity index (χ1n) is 6.39. The lowest BCUT2D eigenvalue weighted by molar-refractivity contribution is -0.384. The summed E-state index contributed by atoms with van der Waals surface area (Å²) >= 11 is 0. The number of nitro benzene ring substituents is 1. The fourth-order valence-corrected chi connectivity index (χ4v) is 2.06. The Balaban J connectivity index is 2.13. The van der Waals surface area contributed by atoms with E-state index in [1.807, 2.05) is 7.05 Å². The van der Waals surface area contributed by atoms with Gasteiger partial charge in [-0.25, -0.2) is 0 Å². The summed E-state index contributed by atoms with van der Waals surface area (Å²) in [6, 6.07) is 4.78. The van der Waals surface area contributed by atoms with Crippen molar-refractivity contribution in [2.24, 2.45) is 0 Å². The Morgan fingerprint density at radius 3 is 3.00 bits per heavy atom. The first-order chi connectivity index (χ1) is 9.61. The smallest absolute Gasteiger partial charge is 0.271 e. The zero-order valence-electron chi connectivity index (χ0n) is 11.7.